The minimum absolute atomic E-state index is 0.0161. The van der Waals surface area contributed by atoms with E-state index in [4.69, 9.17) is 15.5 Å². The zero-order chi connectivity index (χ0) is 11.0. The molecule has 0 aromatic carbocycles. The van der Waals surface area contributed by atoms with E-state index in [9.17, 15) is 4.79 Å². The molecule has 5 heteroatoms. The van der Waals surface area contributed by atoms with Gasteiger partial charge in [0, 0.05) is 19.6 Å². The second kappa shape index (κ2) is 7.30. The molecule has 1 atom stereocenters. The first-order valence-electron chi connectivity index (χ1n) is 4.54. The van der Waals surface area contributed by atoms with Gasteiger partial charge in [-0.15, -0.1) is 0 Å². The molecule has 0 fully saturated rings. The fourth-order valence-electron chi connectivity index (χ4n) is 1.12. The lowest BCUT2D eigenvalue weighted by atomic mass is 10.2. The molecule has 0 radical (unpaired) electrons. The van der Waals surface area contributed by atoms with Gasteiger partial charge in [-0.1, -0.05) is 0 Å². The summed E-state index contributed by atoms with van der Waals surface area (Å²) < 4.78 is 0. The van der Waals surface area contributed by atoms with E-state index in [1.807, 2.05) is 0 Å². The van der Waals surface area contributed by atoms with Crippen LogP contribution in [0.4, 0.5) is 0 Å². The molecule has 80 valence electrons. The lowest BCUT2D eigenvalue weighted by molar-refractivity contribution is -0.137. The third-order valence-corrected chi connectivity index (χ3v) is 1.81. The van der Waals surface area contributed by atoms with Crippen molar-refractivity contribution in [3.63, 3.8) is 0 Å². The van der Waals surface area contributed by atoms with E-state index in [1.54, 1.807) is 11.8 Å². The number of hydrogen-bond donors (Lipinski definition) is 2. The molecule has 0 aliphatic carbocycles. The van der Waals surface area contributed by atoms with Crippen LogP contribution in [0.5, 0.6) is 0 Å². The number of aliphatic hydroxyl groups is 1. The van der Waals surface area contributed by atoms with Crippen LogP contribution < -0.4 is 0 Å². The summed E-state index contributed by atoms with van der Waals surface area (Å²) >= 11 is 0. The second-order valence-electron chi connectivity index (χ2n) is 3.20. The molecule has 0 bridgehead atoms. The van der Waals surface area contributed by atoms with Crippen LogP contribution in [0.25, 0.3) is 0 Å². The third-order valence-electron chi connectivity index (χ3n) is 1.81. The van der Waals surface area contributed by atoms with Crippen molar-refractivity contribution < 1.29 is 15.0 Å². The lowest BCUT2D eigenvalue weighted by Crippen LogP contribution is -2.32. The van der Waals surface area contributed by atoms with Gasteiger partial charge in [-0.2, -0.15) is 5.26 Å². The summed E-state index contributed by atoms with van der Waals surface area (Å²) in [5.74, 6) is -1.01. The zero-order valence-corrected chi connectivity index (χ0v) is 8.31. The van der Waals surface area contributed by atoms with E-state index in [2.05, 4.69) is 6.07 Å². The first-order chi connectivity index (χ1) is 6.60. The molecule has 0 amide bonds. The normalized spacial score (nSPS) is 12.4. The van der Waals surface area contributed by atoms with Crippen LogP contribution in [0.1, 0.15) is 13.3 Å². The first-order valence-corrected chi connectivity index (χ1v) is 4.54. The number of aliphatic carboxylic acids is 1. The number of carboxylic acids is 1. The molecular formula is C9H16N2O3. The quantitative estimate of drug-likeness (QED) is 0.600. The Balaban J connectivity index is 3.89. The number of aliphatic hydroxyl groups excluding tert-OH is 1. The molecule has 0 rings (SSSR count). The van der Waals surface area contributed by atoms with Crippen LogP contribution in [-0.2, 0) is 4.79 Å². The van der Waals surface area contributed by atoms with Gasteiger partial charge in [0.1, 0.15) is 0 Å². The molecule has 0 saturated carbocycles. The van der Waals surface area contributed by atoms with Gasteiger partial charge >= 0.3 is 5.97 Å². The van der Waals surface area contributed by atoms with Crippen LogP contribution in [0.3, 0.4) is 0 Å². The van der Waals surface area contributed by atoms with Gasteiger partial charge in [0.2, 0.25) is 0 Å². The third kappa shape index (κ3) is 6.40. The number of carbonyl (C=O) groups is 1. The summed E-state index contributed by atoms with van der Waals surface area (Å²) in [6.07, 6.45) is 0.0398. The van der Waals surface area contributed by atoms with Crippen LogP contribution in [0.15, 0.2) is 0 Å². The number of hydrogen-bond acceptors (Lipinski definition) is 4. The Morgan fingerprint density at radius 3 is 2.64 bits per heavy atom. The SMILES string of the molecule is CC(C#N)CN(CCO)CCC(=O)O. The smallest absolute Gasteiger partial charge is 0.304 e. The van der Waals surface area contributed by atoms with E-state index in [0.717, 1.165) is 0 Å². The minimum atomic E-state index is -0.863. The number of carboxylic acid groups (broad SMARTS) is 1. The molecule has 0 aromatic heterocycles. The number of nitrogens with zero attached hydrogens (tertiary/aromatic N) is 2. The highest BCUT2D eigenvalue weighted by molar-refractivity contribution is 5.66. The summed E-state index contributed by atoms with van der Waals surface area (Å²) in [5.41, 5.74) is 0. The summed E-state index contributed by atoms with van der Waals surface area (Å²) in [7, 11) is 0. The highest BCUT2D eigenvalue weighted by Crippen LogP contribution is 1.99. The highest BCUT2D eigenvalue weighted by atomic mass is 16.4. The molecule has 0 heterocycles. The van der Waals surface area contributed by atoms with E-state index < -0.39 is 5.97 Å². The van der Waals surface area contributed by atoms with Crippen LogP contribution in [0, 0.1) is 17.2 Å². The Labute approximate surface area is 83.6 Å². The summed E-state index contributed by atoms with van der Waals surface area (Å²) in [6, 6.07) is 2.07. The molecule has 0 saturated heterocycles. The maximum atomic E-state index is 10.3. The predicted octanol–water partition coefficient (Wildman–Crippen LogP) is -0.0849. The van der Waals surface area contributed by atoms with E-state index in [0.29, 0.717) is 19.6 Å². The molecule has 1 unspecified atom stereocenters. The van der Waals surface area contributed by atoms with Crippen molar-refractivity contribution in [2.75, 3.05) is 26.2 Å². The average molecular weight is 200 g/mol. The summed E-state index contributed by atoms with van der Waals surface area (Å²) in [6.45, 7) is 3.05. The average Bonchev–Trinajstić information content (AvgIpc) is 2.14. The molecule has 14 heavy (non-hydrogen) atoms. The van der Waals surface area contributed by atoms with Gasteiger partial charge in [-0.25, -0.2) is 0 Å². The van der Waals surface area contributed by atoms with Crippen molar-refractivity contribution in [1.82, 2.24) is 4.90 Å². The standard InChI is InChI=1S/C9H16N2O3/c1-8(6-10)7-11(4-5-12)3-2-9(13)14/h8,12H,2-5,7H2,1H3,(H,13,14). The lowest BCUT2D eigenvalue weighted by Gasteiger charge is -2.21. The van der Waals surface area contributed by atoms with E-state index >= 15 is 0 Å². The van der Waals surface area contributed by atoms with Crippen molar-refractivity contribution in [2.45, 2.75) is 13.3 Å². The highest BCUT2D eigenvalue weighted by Gasteiger charge is 2.10. The van der Waals surface area contributed by atoms with Crippen molar-refractivity contribution in [3.8, 4) is 6.07 Å². The molecule has 2 N–H and O–H groups in total. The van der Waals surface area contributed by atoms with Crippen molar-refractivity contribution in [3.05, 3.63) is 0 Å². The second-order valence-corrected chi connectivity index (χ2v) is 3.20. The maximum Gasteiger partial charge on any atom is 0.304 e. The van der Waals surface area contributed by atoms with E-state index in [-0.39, 0.29) is 18.9 Å². The molecule has 0 aliphatic rings. The van der Waals surface area contributed by atoms with Gasteiger partial charge in [0.15, 0.2) is 0 Å². The maximum absolute atomic E-state index is 10.3. The van der Waals surface area contributed by atoms with Crippen LogP contribution in [0.2, 0.25) is 0 Å². The Hall–Kier alpha value is -1.12. The largest absolute Gasteiger partial charge is 0.481 e. The van der Waals surface area contributed by atoms with Gasteiger partial charge in [-0.3, -0.25) is 9.69 Å². The Bertz CT molecular complexity index is 213. The van der Waals surface area contributed by atoms with Crippen LogP contribution in [-0.4, -0.2) is 47.3 Å². The molecule has 0 aromatic rings. The predicted molar refractivity (Wildman–Crippen MR) is 50.6 cm³/mol. The van der Waals surface area contributed by atoms with Gasteiger partial charge in [0.05, 0.1) is 25.0 Å². The van der Waals surface area contributed by atoms with Crippen molar-refractivity contribution in [1.29, 1.82) is 5.26 Å². The molecular weight excluding hydrogens is 184 g/mol. The molecule has 0 aliphatic heterocycles. The van der Waals surface area contributed by atoms with Crippen LogP contribution >= 0.6 is 0 Å². The number of rotatable bonds is 7. The Kier molecular flexibility index (Phi) is 6.72. The number of nitriles is 1. The van der Waals surface area contributed by atoms with Crippen molar-refractivity contribution in [2.24, 2.45) is 5.92 Å². The summed E-state index contributed by atoms with van der Waals surface area (Å²) in [5, 5.41) is 25.8. The van der Waals surface area contributed by atoms with Gasteiger partial charge in [-0.05, 0) is 6.92 Å². The van der Waals surface area contributed by atoms with Gasteiger partial charge < -0.3 is 10.2 Å². The minimum Gasteiger partial charge on any atom is -0.481 e. The molecule has 0 spiro atoms. The van der Waals surface area contributed by atoms with Crippen molar-refractivity contribution >= 4 is 5.97 Å². The van der Waals surface area contributed by atoms with E-state index in [1.165, 1.54) is 0 Å². The Morgan fingerprint density at radius 1 is 1.57 bits per heavy atom. The Morgan fingerprint density at radius 2 is 2.21 bits per heavy atom. The fourth-order valence-corrected chi connectivity index (χ4v) is 1.12. The topological polar surface area (TPSA) is 84.6 Å². The fraction of sp³-hybridized carbons (Fsp3) is 0.778. The monoisotopic (exact) mass is 200 g/mol. The first kappa shape index (κ1) is 12.9. The zero-order valence-electron chi connectivity index (χ0n) is 8.31. The summed E-state index contributed by atoms with van der Waals surface area (Å²) in [4.78, 5) is 12.1. The molecule has 5 nitrogen and oxygen atoms in total. The van der Waals surface area contributed by atoms with Gasteiger partial charge in [0.25, 0.3) is 0 Å².